The Kier molecular flexibility index (Phi) is 3.66. The quantitative estimate of drug-likeness (QED) is 0.633. The van der Waals surface area contributed by atoms with Crippen LogP contribution in [0.15, 0.2) is 12.1 Å². The van der Waals surface area contributed by atoms with E-state index in [1.54, 1.807) is 6.07 Å². The Balaban J connectivity index is 3.52. The molecule has 4 nitrogen and oxygen atoms in total. The second-order valence-corrected chi connectivity index (χ2v) is 4.89. The molecule has 94 valence electrons. The van der Waals surface area contributed by atoms with E-state index in [9.17, 15) is 4.79 Å². The molecule has 0 aliphatic carbocycles. The Morgan fingerprint density at radius 2 is 1.82 bits per heavy atom. The van der Waals surface area contributed by atoms with Crippen LogP contribution >= 0.6 is 0 Å². The number of nitrogen functional groups attached to an aromatic ring is 1. The monoisotopic (exact) mass is 237 g/mol. The first kappa shape index (κ1) is 13.4. The zero-order chi connectivity index (χ0) is 13.2. The number of methoxy groups -OCH3 is 2. The molecule has 0 atom stereocenters. The molecule has 1 aromatic rings. The highest BCUT2D eigenvalue weighted by atomic mass is 16.5. The zero-order valence-corrected chi connectivity index (χ0v) is 11.0. The molecule has 0 unspecified atom stereocenters. The molecule has 0 aliphatic rings. The van der Waals surface area contributed by atoms with E-state index in [2.05, 4.69) is 0 Å². The van der Waals surface area contributed by atoms with Crippen molar-refractivity contribution in [2.75, 3.05) is 20.0 Å². The van der Waals surface area contributed by atoms with E-state index >= 15 is 0 Å². The van der Waals surface area contributed by atoms with E-state index in [0.29, 0.717) is 17.0 Å². The summed E-state index contributed by atoms with van der Waals surface area (Å²) in [5.74, 6) is 0.0817. The lowest BCUT2D eigenvalue weighted by molar-refractivity contribution is 0.0597. The summed E-state index contributed by atoms with van der Waals surface area (Å²) in [6.07, 6.45) is 0. The van der Waals surface area contributed by atoms with Gasteiger partial charge in [0, 0.05) is 11.3 Å². The predicted octanol–water partition coefficient (Wildman–Crippen LogP) is 2.36. The van der Waals surface area contributed by atoms with Crippen molar-refractivity contribution in [1.29, 1.82) is 0 Å². The van der Waals surface area contributed by atoms with Crippen LogP contribution in [0.5, 0.6) is 5.75 Å². The van der Waals surface area contributed by atoms with Crippen molar-refractivity contribution >= 4 is 11.7 Å². The Hall–Kier alpha value is -1.71. The highest BCUT2D eigenvalue weighted by Crippen LogP contribution is 2.36. The van der Waals surface area contributed by atoms with Crippen LogP contribution in [0.1, 0.15) is 36.7 Å². The molecule has 0 aromatic heterocycles. The number of esters is 1. The number of rotatable bonds is 2. The maximum absolute atomic E-state index is 11.7. The molecule has 0 saturated heterocycles. The lowest BCUT2D eigenvalue weighted by atomic mass is 9.84. The third-order valence-corrected chi connectivity index (χ3v) is 2.53. The molecule has 4 heteroatoms. The van der Waals surface area contributed by atoms with Crippen molar-refractivity contribution in [2.24, 2.45) is 0 Å². The van der Waals surface area contributed by atoms with Gasteiger partial charge in [-0.15, -0.1) is 0 Å². The van der Waals surface area contributed by atoms with Crippen LogP contribution in [0, 0.1) is 0 Å². The molecule has 0 fully saturated rings. The number of ether oxygens (including phenoxy) is 2. The average Bonchev–Trinajstić information content (AvgIpc) is 2.25. The fourth-order valence-corrected chi connectivity index (χ4v) is 1.69. The van der Waals surface area contributed by atoms with Gasteiger partial charge in [0.25, 0.3) is 0 Å². The van der Waals surface area contributed by atoms with Gasteiger partial charge in [-0.2, -0.15) is 0 Å². The van der Waals surface area contributed by atoms with Gasteiger partial charge in [0.2, 0.25) is 0 Å². The normalized spacial score (nSPS) is 11.1. The predicted molar refractivity (Wildman–Crippen MR) is 67.4 cm³/mol. The molecule has 2 N–H and O–H groups in total. The van der Waals surface area contributed by atoms with Crippen LogP contribution in [-0.4, -0.2) is 20.2 Å². The second kappa shape index (κ2) is 4.65. The lowest BCUT2D eigenvalue weighted by Crippen LogP contribution is -2.16. The Morgan fingerprint density at radius 1 is 1.24 bits per heavy atom. The van der Waals surface area contributed by atoms with E-state index < -0.39 is 5.97 Å². The SMILES string of the molecule is COC(=O)c1cc(N)cc(C(C)(C)C)c1OC. The average molecular weight is 237 g/mol. The van der Waals surface area contributed by atoms with Crippen molar-refractivity contribution in [3.8, 4) is 5.75 Å². The zero-order valence-electron chi connectivity index (χ0n) is 11.0. The minimum absolute atomic E-state index is 0.163. The van der Waals surface area contributed by atoms with Gasteiger partial charge in [0.15, 0.2) is 0 Å². The summed E-state index contributed by atoms with van der Waals surface area (Å²) in [4.78, 5) is 11.7. The third-order valence-electron chi connectivity index (χ3n) is 2.53. The molecule has 0 saturated carbocycles. The van der Waals surface area contributed by atoms with Crippen LogP contribution < -0.4 is 10.5 Å². The highest BCUT2D eigenvalue weighted by molar-refractivity contribution is 5.94. The molecule has 0 radical (unpaired) electrons. The standard InChI is InChI=1S/C13H19NO3/c1-13(2,3)10-7-8(14)6-9(11(10)16-4)12(15)17-5/h6-7H,14H2,1-5H3. The maximum atomic E-state index is 11.7. The second-order valence-electron chi connectivity index (χ2n) is 4.89. The number of hydrogen-bond acceptors (Lipinski definition) is 4. The van der Waals surface area contributed by atoms with Gasteiger partial charge in [-0.1, -0.05) is 20.8 Å². The van der Waals surface area contributed by atoms with Gasteiger partial charge in [0.05, 0.1) is 14.2 Å². The molecular formula is C13H19NO3. The Bertz CT molecular complexity index is 433. The van der Waals surface area contributed by atoms with E-state index in [0.717, 1.165) is 5.56 Å². The van der Waals surface area contributed by atoms with E-state index in [-0.39, 0.29) is 5.41 Å². The van der Waals surface area contributed by atoms with E-state index in [1.165, 1.54) is 14.2 Å². The first-order chi connectivity index (χ1) is 7.81. The van der Waals surface area contributed by atoms with Gasteiger partial charge >= 0.3 is 5.97 Å². The summed E-state index contributed by atoms with van der Waals surface area (Å²) in [5, 5.41) is 0. The van der Waals surface area contributed by atoms with Gasteiger partial charge < -0.3 is 15.2 Å². The summed E-state index contributed by atoms with van der Waals surface area (Å²) in [6, 6.07) is 3.39. The molecule has 0 amide bonds. The summed E-state index contributed by atoms with van der Waals surface area (Å²) in [7, 11) is 2.87. The van der Waals surface area contributed by atoms with Crippen molar-refractivity contribution in [3.63, 3.8) is 0 Å². The molecule has 1 rings (SSSR count). The van der Waals surface area contributed by atoms with E-state index in [4.69, 9.17) is 15.2 Å². The Labute approximate surface area is 102 Å². The Morgan fingerprint density at radius 3 is 2.24 bits per heavy atom. The lowest BCUT2D eigenvalue weighted by Gasteiger charge is -2.24. The molecule has 17 heavy (non-hydrogen) atoms. The smallest absolute Gasteiger partial charge is 0.341 e. The van der Waals surface area contributed by atoms with Gasteiger partial charge in [-0.3, -0.25) is 0 Å². The van der Waals surface area contributed by atoms with Crippen molar-refractivity contribution in [3.05, 3.63) is 23.3 Å². The molecule has 0 bridgehead atoms. The largest absolute Gasteiger partial charge is 0.496 e. The first-order valence-corrected chi connectivity index (χ1v) is 5.37. The molecule has 1 aromatic carbocycles. The molecular weight excluding hydrogens is 218 g/mol. The summed E-state index contributed by atoms with van der Waals surface area (Å²) in [5.41, 5.74) is 7.42. The minimum Gasteiger partial charge on any atom is -0.496 e. The van der Waals surface area contributed by atoms with Crippen molar-refractivity contribution in [1.82, 2.24) is 0 Å². The topological polar surface area (TPSA) is 61.5 Å². The number of nitrogens with two attached hydrogens (primary N) is 1. The third kappa shape index (κ3) is 2.70. The number of anilines is 1. The minimum atomic E-state index is -0.445. The van der Waals surface area contributed by atoms with Crippen LogP contribution in [0.4, 0.5) is 5.69 Å². The van der Waals surface area contributed by atoms with Crippen LogP contribution in [-0.2, 0) is 10.2 Å². The highest BCUT2D eigenvalue weighted by Gasteiger charge is 2.25. The number of carbonyl (C=O) groups excluding carboxylic acids is 1. The van der Waals surface area contributed by atoms with Gasteiger partial charge in [-0.25, -0.2) is 4.79 Å². The summed E-state index contributed by atoms with van der Waals surface area (Å²) in [6.45, 7) is 6.10. The first-order valence-electron chi connectivity index (χ1n) is 5.37. The van der Waals surface area contributed by atoms with Crippen molar-refractivity contribution in [2.45, 2.75) is 26.2 Å². The van der Waals surface area contributed by atoms with Gasteiger partial charge in [-0.05, 0) is 17.5 Å². The number of carbonyl (C=O) groups is 1. The maximum Gasteiger partial charge on any atom is 0.341 e. The fourth-order valence-electron chi connectivity index (χ4n) is 1.69. The summed E-state index contributed by atoms with van der Waals surface area (Å²) >= 11 is 0. The van der Waals surface area contributed by atoms with Crippen LogP contribution in [0.25, 0.3) is 0 Å². The van der Waals surface area contributed by atoms with Gasteiger partial charge in [0.1, 0.15) is 11.3 Å². The van der Waals surface area contributed by atoms with Crippen LogP contribution in [0.3, 0.4) is 0 Å². The fraction of sp³-hybridized carbons (Fsp3) is 0.462. The van der Waals surface area contributed by atoms with Crippen molar-refractivity contribution < 1.29 is 14.3 Å². The van der Waals surface area contributed by atoms with Crippen LogP contribution in [0.2, 0.25) is 0 Å². The number of benzene rings is 1. The molecule has 0 aliphatic heterocycles. The summed E-state index contributed by atoms with van der Waals surface area (Å²) < 4.78 is 10.1. The molecule has 0 heterocycles. The number of hydrogen-bond donors (Lipinski definition) is 1. The van der Waals surface area contributed by atoms with E-state index in [1.807, 2.05) is 26.8 Å². The molecule has 0 spiro atoms.